The maximum atomic E-state index is 5.60. The number of ether oxygens (including phenoxy) is 2. The molecule has 0 bridgehead atoms. The fourth-order valence-electron chi connectivity index (χ4n) is 0.622. The van der Waals surface area contributed by atoms with Gasteiger partial charge in [0.2, 0.25) is 8.32 Å². The molecule has 0 unspecified atom stereocenters. The van der Waals surface area contributed by atoms with Crippen LogP contribution >= 0.6 is 0 Å². The average molecular weight is 202 g/mol. The van der Waals surface area contributed by atoms with Gasteiger partial charge in [0.15, 0.2) is 0 Å². The quantitative estimate of drug-likeness (QED) is 0.389. The molecule has 0 spiro atoms. The molecule has 0 N–H and O–H groups in total. The average Bonchev–Trinajstić information content (AvgIpc) is 2.00. The van der Waals surface area contributed by atoms with E-state index in [1.165, 1.54) is 0 Å². The fourth-order valence-corrected chi connectivity index (χ4v) is 1.37. The second kappa shape index (κ2) is 4.96. The summed E-state index contributed by atoms with van der Waals surface area (Å²) in [6.07, 6.45) is 1.64. The molecule has 0 aromatic rings. The molecule has 0 aromatic heterocycles. The summed E-state index contributed by atoms with van der Waals surface area (Å²) >= 11 is 0. The summed E-state index contributed by atoms with van der Waals surface area (Å²) in [6, 6.07) is 0. The largest absolute Gasteiger partial charge is 0.520 e. The molecule has 0 aliphatic heterocycles. The highest BCUT2D eigenvalue weighted by atomic mass is 28.4. The standard InChI is InChI=1S/C9H18O3Si/c1-8(10-2)7-9(11-3)12-13(4,5)6/h7H,1H2,2-6H3/b9-7+. The maximum absolute atomic E-state index is 5.60. The van der Waals surface area contributed by atoms with E-state index in [4.69, 9.17) is 13.9 Å². The predicted molar refractivity (Wildman–Crippen MR) is 55.7 cm³/mol. The van der Waals surface area contributed by atoms with Crippen LogP contribution in [0, 0.1) is 0 Å². The topological polar surface area (TPSA) is 27.7 Å². The minimum absolute atomic E-state index is 0.464. The van der Waals surface area contributed by atoms with Crippen LogP contribution in [0.3, 0.4) is 0 Å². The molecule has 4 heteroatoms. The molecule has 0 rings (SSSR count). The summed E-state index contributed by atoms with van der Waals surface area (Å²) in [5.41, 5.74) is 0. The van der Waals surface area contributed by atoms with Crippen LogP contribution in [-0.2, 0) is 13.9 Å². The summed E-state index contributed by atoms with van der Waals surface area (Å²) in [5.74, 6) is 0.987. The van der Waals surface area contributed by atoms with Crippen molar-refractivity contribution in [3.8, 4) is 0 Å². The van der Waals surface area contributed by atoms with Gasteiger partial charge >= 0.3 is 0 Å². The Kier molecular flexibility index (Phi) is 4.62. The molecule has 13 heavy (non-hydrogen) atoms. The third-order valence-corrected chi connectivity index (χ3v) is 1.96. The van der Waals surface area contributed by atoms with Gasteiger partial charge in [-0.25, -0.2) is 0 Å². The summed E-state index contributed by atoms with van der Waals surface area (Å²) < 4.78 is 15.5. The van der Waals surface area contributed by atoms with Crippen molar-refractivity contribution < 1.29 is 13.9 Å². The van der Waals surface area contributed by atoms with Gasteiger partial charge in [-0.05, 0) is 19.6 Å². The summed E-state index contributed by atoms with van der Waals surface area (Å²) in [5, 5.41) is 0. The molecule has 0 heterocycles. The van der Waals surface area contributed by atoms with E-state index in [9.17, 15) is 0 Å². The van der Waals surface area contributed by atoms with E-state index in [0.717, 1.165) is 0 Å². The summed E-state index contributed by atoms with van der Waals surface area (Å²) in [4.78, 5) is 0. The lowest BCUT2D eigenvalue weighted by Gasteiger charge is -2.20. The molecule has 0 saturated heterocycles. The smallest absolute Gasteiger partial charge is 0.268 e. The van der Waals surface area contributed by atoms with Crippen LogP contribution in [0.5, 0.6) is 0 Å². The molecular formula is C9H18O3Si. The number of hydrogen-bond acceptors (Lipinski definition) is 3. The molecule has 3 nitrogen and oxygen atoms in total. The highest BCUT2D eigenvalue weighted by molar-refractivity contribution is 6.69. The first-order valence-electron chi connectivity index (χ1n) is 4.06. The lowest BCUT2D eigenvalue weighted by molar-refractivity contribution is 0.144. The Morgan fingerprint density at radius 1 is 1.15 bits per heavy atom. The van der Waals surface area contributed by atoms with Crippen LogP contribution in [0.2, 0.25) is 19.6 Å². The molecule has 0 atom stereocenters. The summed E-state index contributed by atoms with van der Waals surface area (Å²) in [7, 11) is 1.51. The Bertz CT molecular complexity index is 203. The molecule has 0 aromatic carbocycles. The van der Waals surface area contributed by atoms with E-state index in [0.29, 0.717) is 11.7 Å². The van der Waals surface area contributed by atoms with Crippen LogP contribution in [0.25, 0.3) is 0 Å². The van der Waals surface area contributed by atoms with Crippen molar-refractivity contribution in [1.82, 2.24) is 0 Å². The SMILES string of the molecule is C=C(/C=C(\OC)O[Si](C)(C)C)OC. The Balaban J connectivity index is 4.34. The van der Waals surface area contributed by atoms with Gasteiger partial charge in [0.1, 0.15) is 5.76 Å². The lowest BCUT2D eigenvalue weighted by Crippen LogP contribution is -2.25. The second-order valence-corrected chi connectivity index (χ2v) is 7.98. The van der Waals surface area contributed by atoms with Gasteiger partial charge < -0.3 is 13.9 Å². The van der Waals surface area contributed by atoms with Crippen LogP contribution in [0.4, 0.5) is 0 Å². The number of hydrogen-bond donors (Lipinski definition) is 0. The first-order chi connectivity index (χ1) is 5.89. The third kappa shape index (κ3) is 6.28. The van der Waals surface area contributed by atoms with Crippen molar-refractivity contribution in [2.24, 2.45) is 0 Å². The van der Waals surface area contributed by atoms with Crippen LogP contribution in [0.15, 0.2) is 24.4 Å². The number of rotatable bonds is 5. The lowest BCUT2D eigenvalue weighted by atomic mass is 10.5. The number of allylic oxidation sites excluding steroid dienone is 1. The zero-order chi connectivity index (χ0) is 10.5. The van der Waals surface area contributed by atoms with Crippen LogP contribution in [0.1, 0.15) is 0 Å². The minimum Gasteiger partial charge on any atom is -0.520 e. The molecule has 0 saturated carbocycles. The molecular weight excluding hydrogens is 184 g/mol. The minimum atomic E-state index is -1.61. The fraction of sp³-hybridized carbons (Fsp3) is 0.556. The van der Waals surface area contributed by atoms with Crippen molar-refractivity contribution in [1.29, 1.82) is 0 Å². The van der Waals surface area contributed by atoms with E-state index >= 15 is 0 Å². The van der Waals surface area contributed by atoms with Crippen molar-refractivity contribution in [2.75, 3.05) is 14.2 Å². The Hall–Kier alpha value is -0.903. The van der Waals surface area contributed by atoms with Gasteiger partial charge in [0.05, 0.1) is 20.3 Å². The summed E-state index contributed by atoms with van der Waals surface area (Å²) in [6.45, 7) is 9.88. The first-order valence-corrected chi connectivity index (χ1v) is 7.47. The van der Waals surface area contributed by atoms with Gasteiger partial charge in [-0.15, -0.1) is 0 Å². The van der Waals surface area contributed by atoms with Gasteiger partial charge in [-0.3, -0.25) is 0 Å². The maximum Gasteiger partial charge on any atom is 0.268 e. The molecule has 0 aliphatic carbocycles. The van der Waals surface area contributed by atoms with Crippen LogP contribution in [-0.4, -0.2) is 22.5 Å². The van der Waals surface area contributed by atoms with Gasteiger partial charge in [-0.1, -0.05) is 6.58 Å². The molecule has 76 valence electrons. The normalized spacial score (nSPS) is 12.2. The Morgan fingerprint density at radius 2 is 1.69 bits per heavy atom. The van der Waals surface area contributed by atoms with Crippen molar-refractivity contribution >= 4 is 8.32 Å². The van der Waals surface area contributed by atoms with E-state index in [-0.39, 0.29) is 0 Å². The van der Waals surface area contributed by atoms with Crippen LogP contribution < -0.4 is 0 Å². The Morgan fingerprint density at radius 3 is 2.00 bits per heavy atom. The van der Waals surface area contributed by atoms with E-state index < -0.39 is 8.32 Å². The van der Waals surface area contributed by atoms with Crippen molar-refractivity contribution in [3.05, 3.63) is 24.4 Å². The predicted octanol–water partition coefficient (Wildman–Crippen LogP) is 2.49. The zero-order valence-electron chi connectivity index (χ0n) is 9.01. The Labute approximate surface area is 81.1 Å². The third-order valence-electron chi connectivity index (χ3n) is 1.15. The second-order valence-electron chi connectivity index (χ2n) is 3.55. The molecule has 0 aliphatic rings. The van der Waals surface area contributed by atoms with Gasteiger partial charge in [0, 0.05) is 0 Å². The van der Waals surface area contributed by atoms with E-state index in [1.54, 1.807) is 20.3 Å². The highest BCUT2D eigenvalue weighted by Crippen LogP contribution is 2.12. The highest BCUT2D eigenvalue weighted by Gasteiger charge is 2.18. The number of methoxy groups -OCH3 is 2. The van der Waals surface area contributed by atoms with Crippen molar-refractivity contribution in [2.45, 2.75) is 19.6 Å². The molecule has 0 fully saturated rings. The van der Waals surface area contributed by atoms with Crippen molar-refractivity contribution in [3.63, 3.8) is 0 Å². The first kappa shape index (κ1) is 12.1. The molecule has 0 amide bonds. The van der Waals surface area contributed by atoms with Gasteiger partial charge in [-0.2, -0.15) is 0 Å². The molecule has 0 radical (unpaired) electrons. The van der Waals surface area contributed by atoms with E-state index in [2.05, 4.69) is 26.2 Å². The monoisotopic (exact) mass is 202 g/mol. The van der Waals surface area contributed by atoms with E-state index in [1.807, 2.05) is 0 Å². The zero-order valence-corrected chi connectivity index (χ0v) is 10.0. The van der Waals surface area contributed by atoms with Gasteiger partial charge in [0.25, 0.3) is 5.95 Å².